The van der Waals surface area contributed by atoms with Crippen LogP contribution in [0.15, 0.2) is 194 Å². The van der Waals surface area contributed by atoms with Gasteiger partial charge in [-0.3, -0.25) is 0 Å². The molecule has 50 heavy (non-hydrogen) atoms. The van der Waals surface area contributed by atoms with Gasteiger partial charge in [0.15, 0.2) is 5.82 Å². The highest BCUT2D eigenvalue weighted by Gasteiger charge is 2.45. The van der Waals surface area contributed by atoms with Gasteiger partial charge in [0, 0.05) is 27.8 Å². The maximum atomic E-state index is 6.67. The first-order chi connectivity index (χ1) is 24.8. The van der Waals surface area contributed by atoms with Crippen LogP contribution in [0.2, 0.25) is 0 Å². The number of aromatic nitrogens is 2. The first-order valence-corrected chi connectivity index (χ1v) is 16.9. The zero-order valence-electron chi connectivity index (χ0n) is 27.3. The Morgan fingerprint density at radius 2 is 0.800 bits per heavy atom. The molecule has 0 atom stereocenters. The second kappa shape index (κ2) is 12.5. The van der Waals surface area contributed by atoms with Crippen LogP contribution >= 0.6 is 0 Å². The Labute approximate surface area is 292 Å². The van der Waals surface area contributed by atoms with Crippen molar-refractivity contribution < 1.29 is 4.74 Å². The molecule has 0 saturated carbocycles. The van der Waals surface area contributed by atoms with Crippen LogP contribution in [0.5, 0.6) is 11.5 Å². The summed E-state index contributed by atoms with van der Waals surface area (Å²) in [6, 6.07) is 67.8. The Bertz CT molecular complexity index is 2390. The zero-order chi connectivity index (χ0) is 33.3. The standard InChI is InChI=1S/C47H32N2O/c1-5-15-33(16-6-1)34-25-27-35(28-26-34)42-32-43(49-46(48-42)36-17-7-2-8-18-36)37-29-30-45-41(31-37)47(38-19-9-3-10-20-38,39-21-11-4-12-22-39)40-23-13-14-24-44(40)50-45/h1-32H. The zero-order valence-corrected chi connectivity index (χ0v) is 27.3. The van der Waals surface area contributed by atoms with Gasteiger partial charge in [0.1, 0.15) is 11.5 Å². The Kier molecular flexibility index (Phi) is 7.37. The van der Waals surface area contributed by atoms with Gasteiger partial charge in [-0.05, 0) is 52.6 Å². The van der Waals surface area contributed by atoms with Crippen molar-refractivity contribution in [2.75, 3.05) is 0 Å². The van der Waals surface area contributed by atoms with Crippen LogP contribution in [0.4, 0.5) is 0 Å². The van der Waals surface area contributed by atoms with Gasteiger partial charge < -0.3 is 4.74 Å². The number of hydrogen-bond donors (Lipinski definition) is 0. The molecular weight excluding hydrogens is 609 g/mol. The molecule has 2 heterocycles. The van der Waals surface area contributed by atoms with Crippen LogP contribution in [0, 0.1) is 0 Å². The van der Waals surface area contributed by atoms with Crippen LogP contribution in [0.1, 0.15) is 22.3 Å². The first-order valence-electron chi connectivity index (χ1n) is 16.9. The molecule has 8 aromatic rings. The fourth-order valence-electron chi connectivity index (χ4n) is 7.29. The molecule has 1 aliphatic heterocycles. The molecule has 1 aliphatic rings. The third-order valence-electron chi connectivity index (χ3n) is 9.65. The van der Waals surface area contributed by atoms with E-state index in [0.717, 1.165) is 50.7 Å². The van der Waals surface area contributed by atoms with Crippen molar-refractivity contribution in [3.63, 3.8) is 0 Å². The van der Waals surface area contributed by atoms with E-state index in [0.29, 0.717) is 5.82 Å². The molecule has 0 fully saturated rings. The Hall–Kier alpha value is -6.58. The molecule has 0 N–H and O–H groups in total. The molecule has 0 bridgehead atoms. The van der Waals surface area contributed by atoms with Gasteiger partial charge in [0.05, 0.1) is 16.8 Å². The van der Waals surface area contributed by atoms with Crippen LogP contribution < -0.4 is 4.74 Å². The highest BCUT2D eigenvalue weighted by molar-refractivity contribution is 5.77. The molecule has 0 unspecified atom stereocenters. The summed E-state index contributed by atoms with van der Waals surface area (Å²) in [5.74, 6) is 2.37. The molecule has 9 rings (SSSR count). The van der Waals surface area contributed by atoms with Gasteiger partial charge in [-0.2, -0.15) is 0 Å². The lowest BCUT2D eigenvalue weighted by Gasteiger charge is -2.41. The summed E-state index contributed by atoms with van der Waals surface area (Å²) in [6.45, 7) is 0. The SMILES string of the molecule is c1ccc(-c2ccc(-c3cc(-c4ccc5c(c4)C(c4ccccc4)(c4ccccc4)c4ccccc4O5)nc(-c4ccccc4)n3)cc2)cc1. The quantitative estimate of drug-likeness (QED) is 0.181. The minimum atomic E-state index is -0.617. The van der Waals surface area contributed by atoms with E-state index >= 15 is 0 Å². The molecule has 1 aromatic heterocycles. The van der Waals surface area contributed by atoms with E-state index in [2.05, 4.69) is 164 Å². The van der Waals surface area contributed by atoms with Gasteiger partial charge in [0.25, 0.3) is 0 Å². The fourth-order valence-corrected chi connectivity index (χ4v) is 7.29. The van der Waals surface area contributed by atoms with Crippen molar-refractivity contribution in [3.05, 3.63) is 216 Å². The summed E-state index contributed by atoms with van der Waals surface area (Å²) >= 11 is 0. The van der Waals surface area contributed by atoms with E-state index in [4.69, 9.17) is 14.7 Å². The summed E-state index contributed by atoms with van der Waals surface area (Å²) in [4.78, 5) is 10.3. The van der Waals surface area contributed by atoms with Crippen LogP contribution in [0.25, 0.3) is 45.0 Å². The lowest BCUT2D eigenvalue weighted by Crippen LogP contribution is -2.34. The summed E-state index contributed by atoms with van der Waals surface area (Å²) in [6.07, 6.45) is 0. The van der Waals surface area contributed by atoms with Crippen molar-refractivity contribution in [1.29, 1.82) is 0 Å². The molecule has 0 aliphatic carbocycles. The van der Waals surface area contributed by atoms with Gasteiger partial charge >= 0.3 is 0 Å². The molecule has 0 radical (unpaired) electrons. The van der Waals surface area contributed by atoms with E-state index < -0.39 is 5.41 Å². The van der Waals surface area contributed by atoms with E-state index in [9.17, 15) is 0 Å². The minimum Gasteiger partial charge on any atom is -0.457 e. The number of hydrogen-bond acceptors (Lipinski definition) is 3. The molecule has 3 heteroatoms. The van der Waals surface area contributed by atoms with E-state index in [1.54, 1.807) is 0 Å². The van der Waals surface area contributed by atoms with Gasteiger partial charge in [-0.1, -0.05) is 164 Å². The van der Waals surface area contributed by atoms with Crippen molar-refractivity contribution in [3.8, 4) is 56.5 Å². The molecular formula is C47H32N2O. The molecule has 0 spiro atoms. The van der Waals surface area contributed by atoms with Crippen LogP contribution in [-0.2, 0) is 5.41 Å². The Morgan fingerprint density at radius 3 is 1.44 bits per heavy atom. The molecule has 7 aromatic carbocycles. The van der Waals surface area contributed by atoms with E-state index in [-0.39, 0.29) is 0 Å². The second-order valence-corrected chi connectivity index (χ2v) is 12.6. The van der Waals surface area contributed by atoms with Gasteiger partial charge in [0.2, 0.25) is 0 Å². The van der Waals surface area contributed by atoms with Gasteiger partial charge in [-0.25, -0.2) is 9.97 Å². The van der Waals surface area contributed by atoms with Crippen LogP contribution in [-0.4, -0.2) is 9.97 Å². The average molecular weight is 641 g/mol. The predicted octanol–water partition coefficient (Wildman–Crippen LogP) is 11.6. The first kappa shape index (κ1) is 29.6. The summed E-state index contributed by atoms with van der Waals surface area (Å²) in [7, 11) is 0. The van der Waals surface area contributed by atoms with Crippen LogP contribution in [0.3, 0.4) is 0 Å². The fraction of sp³-hybridized carbons (Fsp3) is 0.0213. The Morgan fingerprint density at radius 1 is 0.340 bits per heavy atom. The predicted molar refractivity (Wildman–Crippen MR) is 202 cm³/mol. The topological polar surface area (TPSA) is 35.0 Å². The molecule has 0 saturated heterocycles. The second-order valence-electron chi connectivity index (χ2n) is 12.6. The smallest absolute Gasteiger partial charge is 0.160 e. The lowest BCUT2D eigenvalue weighted by atomic mass is 9.63. The van der Waals surface area contributed by atoms with E-state index in [1.165, 1.54) is 22.3 Å². The van der Waals surface area contributed by atoms with Crippen molar-refractivity contribution >= 4 is 0 Å². The Balaban J connectivity index is 1.25. The molecule has 236 valence electrons. The lowest BCUT2D eigenvalue weighted by molar-refractivity contribution is 0.434. The van der Waals surface area contributed by atoms with Crippen molar-refractivity contribution in [1.82, 2.24) is 9.97 Å². The number of nitrogens with zero attached hydrogens (tertiary/aromatic N) is 2. The van der Waals surface area contributed by atoms with Crippen molar-refractivity contribution in [2.45, 2.75) is 5.41 Å². The molecule has 0 amide bonds. The highest BCUT2D eigenvalue weighted by Crippen LogP contribution is 2.55. The summed E-state index contributed by atoms with van der Waals surface area (Å²) < 4.78 is 6.67. The highest BCUT2D eigenvalue weighted by atomic mass is 16.5. The van der Waals surface area contributed by atoms with E-state index in [1.807, 2.05) is 30.3 Å². The number of fused-ring (bicyclic) bond motifs is 2. The summed E-state index contributed by atoms with van der Waals surface area (Å²) in [5.41, 5.74) is 11.0. The van der Waals surface area contributed by atoms with Gasteiger partial charge in [-0.15, -0.1) is 0 Å². The minimum absolute atomic E-state index is 0.617. The number of benzene rings is 7. The number of ether oxygens (including phenoxy) is 1. The third kappa shape index (κ3) is 5.08. The summed E-state index contributed by atoms with van der Waals surface area (Å²) in [5, 5.41) is 0. The number of para-hydroxylation sites is 1. The average Bonchev–Trinajstić information content (AvgIpc) is 3.21. The molecule has 3 nitrogen and oxygen atoms in total. The maximum Gasteiger partial charge on any atom is 0.160 e. The van der Waals surface area contributed by atoms with Crippen molar-refractivity contribution in [2.24, 2.45) is 0 Å². The largest absolute Gasteiger partial charge is 0.457 e. The monoisotopic (exact) mass is 640 g/mol. The third-order valence-corrected chi connectivity index (χ3v) is 9.65. The normalized spacial score (nSPS) is 12.7. The maximum absolute atomic E-state index is 6.67. The number of rotatable bonds is 6.